The topological polar surface area (TPSA) is 236 Å². The Balaban J connectivity index is 1.38. The summed E-state index contributed by atoms with van der Waals surface area (Å²) in [5, 5.41) is 23.4. The number of benzene rings is 3. The number of amides is 7. The fourth-order valence-corrected chi connectivity index (χ4v) is 9.80. The van der Waals surface area contributed by atoms with Crippen LogP contribution in [-0.2, 0) is 52.8 Å². The van der Waals surface area contributed by atoms with E-state index in [1.54, 1.807) is 66.9 Å². The zero-order chi connectivity index (χ0) is 46.7. The number of aromatic amines is 1. The van der Waals surface area contributed by atoms with Gasteiger partial charge in [-0.1, -0.05) is 111 Å². The van der Waals surface area contributed by atoms with Crippen molar-refractivity contribution in [2.24, 2.45) is 11.7 Å². The maximum Gasteiger partial charge on any atom is 0.252 e. The molecule has 3 heterocycles. The third-order valence-electron chi connectivity index (χ3n) is 13.1. The number of H-pyrrole nitrogens is 1. The summed E-state index contributed by atoms with van der Waals surface area (Å²) in [7, 11) is 0. The van der Waals surface area contributed by atoms with Crippen LogP contribution in [0.5, 0.6) is 0 Å². The van der Waals surface area contributed by atoms with Crippen LogP contribution in [0, 0.1) is 5.92 Å². The van der Waals surface area contributed by atoms with E-state index in [1.165, 1.54) is 11.8 Å². The lowest BCUT2D eigenvalue weighted by Crippen LogP contribution is -2.64. The van der Waals surface area contributed by atoms with E-state index in [4.69, 9.17) is 5.73 Å². The number of nitrogens with one attached hydrogen (secondary N) is 5. The minimum atomic E-state index is -1.58. The molecule has 0 unspecified atom stereocenters. The Bertz CT molecular complexity index is 2350. The first kappa shape index (κ1) is 47.6. The van der Waals surface area contributed by atoms with Crippen molar-refractivity contribution in [3.05, 3.63) is 108 Å². The Labute approximate surface area is 384 Å². The first-order valence-corrected chi connectivity index (χ1v) is 23.3. The molecule has 3 aliphatic rings. The molecule has 16 heteroatoms. The number of imide groups is 1. The van der Waals surface area contributed by atoms with Gasteiger partial charge in [-0.3, -0.25) is 38.5 Å². The van der Waals surface area contributed by atoms with Crippen molar-refractivity contribution in [3.8, 4) is 0 Å². The highest BCUT2D eigenvalue weighted by molar-refractivity contribution is 6.07. The molecule has 66 heavy (non-hydrogen) atoms. The molecule has 7 amide bonds. The second kappa shape index (κ2) is 22.2. The van der Waals surface area contributed by atoms with Crippen LogP contribution in [0.1, 0.15) is 81.4 Å². The molecule has 0 radical (unpaired) electrons. The van der Waals surface area contributed by atoms with Gasteiger partial charge in [0.2, 0.25) is 29.5 Å². The van der Waals surface area contributed by atoms with Crippen molar-refractivity contribution in [1.82, 2.24) is 36.1 Å². The molecule has 4 aromatic rings. The number of carbonyl (C=O) groups excluding carboxylic acids is 7. The molecule has 350 valence electrons. The lowest BCUT2D eigenvalue weighted by atomic mass is 9.84. The maximum atomic E-state index is 15.6. The van der Waals surface area contributed by atoms with E-state index in [2.05, 4.69) is 26.3 Å². The van der Waals surface area contributed by atoms with E-state index in [-0.39, 0.29) is 64.0 Å². The van der Waals surface area contributed by atoms with Gasteiger partial charge in [-0.05, 0) is 54.5 Å². The van der Waals surface area contributed by atoms with E-state index >= 15 is 19.2 Å². The molecule has 2 saturated heterocycles. The molecule has 1 saturated carbocycles. The van der Waals surface area contributed by atoms with Crippen LogP contribution < -0.4 is 27.0 Å². The number of hydrogen-bond acceptors (Lipinski definition) is 9. The minimum absolute atomic E-state index is 0.0114. The number of rotatable bonds is 13. The van der Waals surface area contributed by atoms with Crippen molar-refractivity contribution >= 4 is 52.3 Å². The molecule has 1 aliphatic carbocycles. The summed E-state index contributed by atoms with van der Waals surface area (Å²) in [4.78, 5) is 109. The largest absolute Gasteiger partial charge is 0.391 e. The lowest BCUT2D eigenvalue weighted by Gasteiger charge is -2.37. The normalized spacial score (nSPS) is 24.1. The number of aromatic nitrogens is 1. The van der Waals surface area contributed by atoms with Crippen molar-refractivity contribution in [2.75, 3.05) is 13.1 Å². The third-order valence-corrected chi connectivity index (χ3v) is 13.1. The summed E-state index contributed by atoms with van der Waals surface area (Å²) >= 11 is 0. The number of aliphatic hydroxyl groups excluding tert-OH is 1. The first-order chi connectivity index (χ1) is 31.9. The third kappa shape index (κ3) is 11.7. The van der Waals surface area contributed by atoms with Crippen LogP contribution in [0.15, 0.2) is 91.1 Å². The van der Waals surface area contributed by atoms with E-state index in [1.807, 2.05) is 24.3 Å². The fraction of sp³-hybridized carbons (Fsp3) is 0.460. The molecule has 8 N–H and O–H groups in total. The van der Waals surface area contributed by atoms with Gasteiger partial charge in [0, 0.05) is 56.3 Å². The Morgan fingerprint density at radius 2 is 1.41 bits per heavy atom. The van der Waals surface area contributed by atoms with Crippen LogP contribution in [0.2, 0.25) is 0 Å². The molecule has 3 aromatic carbocycles. The highest BCUT2D eigenvalue weighted by Crippen LogP contribution is 2.29. The van der Waals surface area contributed by atoms with E-state index in [0.29, 0.717) is 16.7 Å². The van der Waals surface area contributed by atoms with Crippen molar-refractivity contribution in [2.45, 2.75) is 126 Å². The summed E-state index contributed by atoms with van der Waals surface area (Å²) in [6.45, 7) is 1.02. The molecule has 0 bridgehead atoms. The van der Waals surface area contributed by atoms with Gasteiger partial charge in [0.25, 0.3) is 11.8 Å². The average molecular weight is 903 g/mol. The number of fused-ring (bicyclic) bond motifs is 2. The summed E-state index contributed by atoms with van der Waals surface area (Å²) in [6.07, 6.45) is 5.30. The number of para-hydroxylation sites is 1. The van der Waals surface area contributed by atoms with Gasteiger partial charge in [-0.2, -0.15) is 0 Å². The van der Waals surface area contributed by atoms with Crippen molar-refractivity contribution < 1.29 is 38.7 Å². The van der Waals surface area contributed by atoms with Crippen molar-refractivity contribution in [3.63, 3.8) is 0 Å². The standard InChI is InChI=1S/C50H62N8O8/c1-31(59)53-41(25-33-16-7-3-8-17-33)48(64)58-43(22-13-23-51)50(66)57-30-36(60)28-44(57)47(63)55-39(24-32-14-5-2-6-15-32)45(61)54-40(27-35-29-52-38-21-12-11-20-37(35)38)46(62)56-42(49(58)65)26-34-18-9-4-10-19-34/h3-4,7-12,16-21,29,32,36,39-44,52,60H,2,5-6,13-15,22-28,30,51H2,1H3,(H,53,59)(H,54,61)(H,55,63)(H,56,62)/t36-,39+,40+,41+,42+,43+,44+/m1/s1. The highest BCUT2D eigenvalue weighted by atomic mass is 16.3. The molecule has 7 rings (SSSR count). The Morgan fingerprint density at radius 1 is 0.773 bits per heavy atom. The highest BCUT2D eigenvalue weighted by Gasteiger charge is 2.48. The first-order valence-electron chi connectivity index (χ1n) is 23.3. The predicted molar refractivity (Wildman–Crippen MR) is 247 cm³/mol. The van der Waals surface area contributed by atoms with Crippen LogP contribution in [0.25, 0.3) is 10.9 Å². The zero-order valence-corrected chi connectivity index (χ0v) is 37.5. The van der Waals surface area contributed by atoms with E-state index in [0.717, 1.165) is 47.9 Å². The van der Waals surface area contributed by atoms with Crippen LogP contribution >= 0.6 is 0 Å². The maximum absolute atomic E-state index is 15.6. The molecule has 2 aliphatic heterocycles. The van der Waals surface area contributed by atoms with Crippen LogP contribution in [0.4, 0.5) is 0 Å². The van der Waals surface area contributed by atoms with Gasteiger partial charge in [-0.25, -0.2) is 0 Å². The monoisotopic (exact) mass is 902 g/mol. The number of hydrogen-bond donors (Lipinski definition) is 7. The SMILES string of the molecule is CC(=O)N[C@@H](Cc1ccccc1)C(=O)N1C(=O)[C@H](Cc2ccccc2)NC(=O)[C@H](Cc2c[nH]c3ccccc23)NC(=O)[C@H](CC2CCCCC2)NC(=O)[C@@H]2C[C@@H](O)CN2C(=O)[C@@H]1CCCN. The van der Waals surface area contributed by atoms with Gasteiger partial charge in [0.1, 0.15) is 36.3 Å². The average Bonchev–Trinajstić information content (AvgIpc) is 3.92. The van der Waals surface area contributed by atoms with Crippen LogP contribution in [-0.4, -0.2) is 117 Å². The summed E-state index contributed by atoms with van der Waals surface area (Å²) < 4.78 is 0. The molecular weight excluding hydrogens is 841 g/mol. The number of carbonyl (C=O) groups is 7. The second-order valence-electron chi connectivity index (χ2n) is 18.0. The molecule has 3 fully saturated rings. The number of aliphatic hydroxyl groups is 1. The summed E-state index contributed by atoms with van der Waals surface area (Å²) in [5.41, 5.74) is 8.84. The summed E-state index contributed by atoms with van der Waals surface area (Å²) in [5.74, 6) is -5.15. The van der Waals surface area contributed by atoms with Gasteiger partial charge in [-0.15, -0.1) is 0 Å². The van der Waals surface area contributed by atoms with E-state index < -0.39 is 83.7 Å². The zero-order valence-electron chi connectivity index (χ0n) is 37.5. The van der Waals surface area contributed by atoms with Gasteiger partial charge < -0.3 is 42.0 Å². The Kier molecular flexibility index (Phi) is 16.0. The number of nitrogens with two attached hydrogens (primary N) is 1. The fourth-order valence-electron chi connectivity index (χ4n) is 9.80. The van der Waals surface area contributed by atoms with Gasteiger partial charge in [0.15, 0.2) is 0 Å². The Hall–Kier alpha value is -6.39. The lowest BCUT2D eigenvalue weighted by molar-refractivity contribution is -0.159. The van der Waals surface area contributed by atoms with E-state index in [9.17, 15) is 19.5 Å². The number of nitrogens with zero attached hydrogens (tertiary/aromatic N) is 2. The summed E-state index contributed by atoms with van der Waals surface area (Å²) in [6, 6.07) is 17.2. The van der Waals surface area contributed by atoms with Crippen molar-refractivity contribution in [1.29, 1.82) is 0 Å². The predicted octanol–water partition coefficient (Wildman–Crippen LogP) is 2.56. The molecule has 0 spiro atoms. The minimum Gasteiger partial charge on any atom is -0.391 e. The second-order valence-corrected chi connectivity index (χ2v) is 18.0. The quantitative estimate of drug-likeness (QED) is 0.104. The van der Waals surface area contributed by atoms with Crippen LogP contribution in [0.3, 0.4) is 0 Å². The van der Waals surface area contributed by atoms with Gasteiger partial charge >= 0.3 is 0 Å². The van der Waals surface area contributed by atoms with Gasteiger partial charge in [0.05, 0.1) is 6.10 Å². The smallest absolute Gasteiger partial charge is 0.252 e. The molecule has 1 aromatic heterocycles. The Morgan fingerprint density at radius 3 is 2.11 bits per heavy atom. The molecule has 16 nitrogen and oxygen atoms in total. The molecule has 7 atom stereocenters. The molecular formula is C50H62N8O8.